The summed E-state index contributed by atoms with van der Waals surface area (Å²) in [5.74, 6) is -0.208. The Labute approximate surface area is 112 Å². The van der Waals surface area contributed by atoms with Crippen molar-refractivity contribution in [2.24, 2.45) is 5.41 Å². The van der Waals surface area contributed by atoms with Crippen molar-refractivity contribution in [3.63, 3.8) is 0 Å². The van der Waals surface area contributed by atoms with E-state index in [0.29, 0.717) is 19.4 Å². The lowest BCUT2D eigenvalue weighted by Gasteiger charge is -2.27. The predicted octanol–water partition coefficient (Wildman–Crippen LogP) is 4.28. The van der Waals surface area contributed by atoms with E-state index in [1.165, 1.54) is 0 Å². The number of carbonyl (C=O) groups is 1. The molecular weight excluding hydrogens is 270 g/mol. The average molecular weight is 288 g/mol. The van der Waals surface area contributed by atoms with Crippen molar-refractivity contribution in [2.75, 3.05) is 6.61 Å². The van der Waals surface area contributed by atoms with E-state index in [4.69, 9.17) is 39.5 Å². The van der Waals surface area contributed by atoms with Crippen molar-refractivity contribution in [1.82, 2.24) is 0 Å². The van der Waals surface area contributed by atoms with Gasteiger partial charge in [0.15, 0.2) is 0 Å². The second-order valence-corrected chi connectivity index (χ2v) is 5.63. The molecule has 0 heterocycles. The first-order valence-corrected chi connectivity index (χ1v) is 6.31. The van der Waals surface area contributed by atoms with Gasteiger partial charge in [0.1, 0.15) is 4.49 Å². The van der Waals surface area contributed by atoms with Gasteiger partial charge in [0.25, 0.3) is 0 Å². The lowest BCUT2D eigenvalue weighted by Crippen LogP contribution is -2.24. The Hall–Kier alpha value is 0.0800. The summed E-state index contributed by atoms with van der Waals surface area (Å²) < 4.78 is 4.99. The molecule has 0 N–H and O–H groups in total. The molecule has 0 saturated carbocycles. The minimum atomic E-state index is -0.313. The van der Waals surface area contributed by atoms with Crippen LogP contribution in [0.3, 0.4) is 0 Å². The zero-order chi connectivity index (χ0) is 12.8. The van der Waals surface area contributed by atoms with Crippen LogP contribution < -0.4 is 0 Å². The van der Waals surface area contributed by atoms with Gasteiger partial charge in [0.2, 0.25) is 0 Å². The predicted molar refractivity (Wildman–Crippen MR) is 69.1 cm³/mol. The maximum Gasteiger partial charge on any atom is 0.305 e. The Morgan fingerprint density at radius 3 is 2.44 bits per heavy atom. The molecule has 1 atom stereocenters. The molecule has 0 aliphatic carbocycles. The van der Waals surface area contributed by atoms with Crippen LogP contribution in [0.15, 0.2) is 10.6 Å². The molecule has 2 nitrogen and oxygen atoms in total. The summed E-state index contributed by atoms with van der Waals surface area (Å²) in [4.78, 5) is 11.2. The molecule has 16 heavy (non-hydrogen) atoms. The maximum absolute atomic E-state index is 11.2. The van der Waals surface area contributed by atoms with Crippen molar-refractivity contribution in [2.45, 2.75) is 39.0 Å². The van der Waals surface area contributed by atoms with Gasteiger partial charge in [-0.15, -0.1) is 11.6 Å². The first-order valence-electron chi connectivity index (χ1n) is 5.12. The lowest BCUT2D eigenvalue weighted by molar-refractivity contribution is -0.143. The highest BCUT2D eigenvalue weighted by Gasteiger charge is 2.27. The first kappa shape index (κ1) is 16.1. The number of ether oxygens (including phenoxy) is 1. The Balaban J connectivity index is 4.23. The van der Waals surface area contributed by atoms with Crippen molar-refractivity contribution in [1.29, 1.82) is 0 Å². The van der Waals surface area contributed by atoms with Gasteiger partial charge in [-0.3, -0.25) is 4.79 Å². The Morgan fingerprint density at radius 1 is 1.44 bits per heavy atom. The fourth-order valence-electron chi connectivity index (χ4n) is 1.13. The Morgan fingerprint density at radius 2 is 2.00 bits per heavy atom. The van der Waals surface area contributed by atoms with E-state index in [-0.39, 0.29) is 21.3 Å². The first-order chi connectivity index (χ1) is 7.29. The van der Waals surface area contributed by atoms with Crippen molar-refractivity contribution >= 4 is 40.8 Å². The van der Waals surface area contributed by atoms with Crippen LogP contribution in [-0.2, 0) is 9.53 Å². The molecule has 0 aliphatic rings. The van der Waals surface area contributed by atoms with Gasteiger partial charge in [-0.2, -0.15) is 0 Å². The lowest BCUT2D eigenvalue weighted by atomic mass is 9.84. The quantitative estimate of drug-likeness (QED) is 0.538. The monoisotopic (exact) mass is 286 g/mol. The van der Waals surface area contributed by atoms with Gasteiger partial charge in [-0.05, 0) is 24.8 Å². The molecule has 0 aromatic heterocycles. The van der Waals surface area contributed by atoms with Gasteiger partial charge >= 0.3 is 5.97 Å². The molecule has 0 radical (unpaired) electrons. The highest BCUT2D eigenvalue weighted by Crippen LogP contribution is 2.33. The fraction of sp³-hybridized carbons (Fsp3) is 0.727. The van der Waals surface area contributed by atoms with Crippen molar-refractivity contribution in [3.05, 3.63) is 10.6 Å². The standard InChI is InChI=1S/C11H17Cl3O2/c1-4-16-10(15)5-6-11(2,3)8(12)7-9(13)14/h7-8H,4-6H2,1-3H3. The van der Waals surface area contributed by atoms with E-state index in [9.17, 15) is 4.79 Å². The fourth-order valence-corrected chi connectivity index (χ4v) is 1.75. The van der Waals surface area contributed by atoms with Crippen LogP contribution in [0.2, 0.25) is 0 Å². The number of halogens is 3. The van der Waals surface area contributed by atoms with Gasteiger partial charge in [0, 0.05) is 6.42 Å². The van der Waals surface area contributed by atoms with Crippen molar-refractivity contribution in [3.8, 4) is 0 Å². The molecule has 0 saturated heterocycles. The number of esters is 1. The molecular formula is C11H17Cl3O2. The summed E-state index contributed by atoms with van der Waals surface area (Å²) >= 11 is 17.2. The summed E-state index contributed by atoms with van der Waals surface area (Å²) in [6, 6.07) is 0. The molecule has 1 unspecified atom stereocenters. The van der Waals surface area contributed by atoms with Gasteiger partial charge < -0.3 is 4.74 Å². The number of alkyl halides is 1. The van der Waals surface area contributed by atoms with E-state index in [0.717, 1.165) is 0 Å². The number of hydrogen-bond acceptors (Lipinski definition) is 2. The minimum Gasteiger partial charge on any atom is -0.466 e. The highest BCUT2D eigenvalue weighted by molar-refractivity contribution is 6.56. The smallest absolute Gasteiger partial charge is 0.305 e. The highest BCUT2D eigenvalue weighted by atomic mass is 35.5. The van der Waals surface area contributed by atoms with Crippen LogP contribution >= 0.6 is 34.8 Å². The van der Waals surface area contributed by atoms with Gasteiger partial charge in [0.05, 0.1) is 12.0 Å². The van der Waals surface area contributed by atoms with E-state index >= 15 is 0 Å². The van der Waals surface area contributed by atoms with E-state index in [1.54, 1.807) is 13.0 Å². The third-order valence-corrected chi connectivity index (χ3v) is 3.27. The average Bonchev–Trinajstić information content (AvgIpc) is 2.14. The largest absolute Gasteiger partial charge is 0.466 e. The summed E-state index contributed by atoms with van der Waals surface area (Å²) in [6.07, 6.45) is 2.53. The van der Waals surface area contributed by atoms with E-state index < -0.39 is 0 Å². The molecule has 0 bridgehead atoms. The molecule has 0 fully saturated rings. The summed E-state index contributed by atoms with van der Waals surface area (Å²) in [7, 11) is 0. The summed E-state index contributed by atoms with van der Waals surface area (Å²) in [5, 5.41) is -0.313. The molecule has 0 rings (SSSR count). The third-order valence-electron chi connectivity index (χ3n) is 2.30. The van der Waals surface area contributed by atoms with Crippen LogP contribution in [0.4, 0.5) is 0 Å². The minimum absolute atomic E-state index is 0.143. The number of allylic oxidation sites excluding steroid dienone is 1. The zero-order valence-corrected chi connectivity index (χ0v) is 12.0. The molecule has 94 valence electrons. The zero-order valence-electron chi connectivity index (χ0n) is 9.73. The van der Waals surface area contributed by atoms with Crippen LogP contribution in [0.5, 0.6) is 0 Å². The SMILES string of the molecule is CCOC(=O)CCC(C)(C)C(Cl)C=C(Cl)Cl. The van der Waals surface area contributed by atoms with E-state index in [1.807, 2.05) is 13.8 Å². The van der Waals surface area contributed by atoms with Crippen LogP contribution in [-0.4, -0.2) is 18.0 Å². The third kappa shape index (κ3) is 6.62. The van der Waals surface area contributed by atoms with Crippen LogP contribution in [0.25, 0.3) is 0 Å². The van der Waals surface area contributed by atoms with Crippen molar-refractivity contribution < 1.29 is 9.53 Å². The summed E-state index contributed by atoms with van der Waals surface area (Å²) in [6.45, 7) is 6.09. The number of hydrogen-bond donors (Lipinski definition) is 0. The molecule has 5 heteroatoms. The maximum atomic E-state index is 11.2. The van der Waals surface area contributed by atoms with Gasteiger partial charge in [-0.25, -0.2) is 0 Å². The van der Waals surface area contributed by atoms with Crippen LogP contribution in [0.1, 0.15) is 33.6 Å². The van der Waals surface area contributed by atoms with E-state index in [2.05, 4.69) is 0 Å². The Bertz CT molecular complexity index is 258. The second kappa shape index (κ2) is 7.41. The topological polar surface area (TPSA) is 26.3 Å². The molecule has 0 aromatic carbocycles. The number of rotatable bonds is 6. The molecule has 0 spiro atoms. The van der Waals surface area contributed by atoms with Gasteiger partial charge in [-0.1, -0.05) is 37.0 Å². The molecule has 0 aromatic rings. The second-order valence-electron chi connectivity index (χ2n) is 4.15. The van der Waals surface area contributed by atoms with Crippen LogP contribution in [0, 0.1) is 5.41 Å². The molecule has 0 amide bonds. The number of carbonyl (C=O) groups excluding carboxylic acids is 1. The molecule has 0 aliphatic heterocycles. The normalized spacial score (nSPS) is 13.1. The Kier molecular flexibility index (Phi) is 7.45. The summed E-state index contributed by atoms with van der Waals surface area (Å²) in [5.41, 5.74) is -0.261.